The third-order valence-electron chi connectivity index (χ3n) is 3.03. The molecule has 0 aromatic rings. The molecule has 0 aromatic carbocycles. The van der Waals surface area contributed by atoms with E-state index >= 15 is 0 Å². The average Bonchev–Trinajstić information content (AvgIpc) is 2.29. The summed E-state index contributed by atoms with van der Waals surface area (Å²) in [5, 5.41) is 1.11. The van der Waals surface area contributed by atoms with Crippen LogP contribution >= 0.6 is 23.2 Å². The topological polar surface area (TPSA) is 0 Å². The van der Waals surface area contributed by atoms with Crippen molar-refractivity contribution in [3.05, 3.63) is 0 Å². The van der Waals surface area contributed by atoms with Gasteiger partial charge < -0.3 is 0 Å². The van der Waals surface area contributed by atoms with Crippen molar-refractivity contribution >= 4 is 42.2 Å². The van der Waals surface area contributed by atoms with Crippen LogP contribution in [0.4, 0.5) is 0 Å². The normalized spacial score (nSPS) is 16.5. The maximum Gasteiger partial charge on any atom is 0.0415 e. The zero-order valence-corrected chi connectivity index (χ0v) is 15.3. The standard InChI is InChI=1S/C12H28Cl2Si2/c1-3-5-7-11(13)15-9-10-16-12(14)8-6-4-2/h11-12H,3-10,15-16H2,1-2H3. The maximum atomic E-state index is 6.30. The Balaban J connectivity index is 3.24. The quantitative estimate of drug-likeness (QED) is 0.310. The Labute approximate surface area is 117 Å². The summed E-state index contributed by atoms with van der Waals surface area (Å²) in [5.41, 5.74) is 0. The Bertz CT molecular complexity index is 129. The SMILES string of the molecule is CCCCC(Cl)[SiH2]CC[SiH2]C(Cl)CCCC. The van der Waals surface area contributed by atoms with Gasteiger partial charge in [-0.15, -0.1) is 23.2 Å². The zero-order valence-electron chi connectivity index (χ0n) is 11.0. The third-order valence-corrected chi connectivity index (χ3v) is 9.66. The van der Waals surface area contributed by atoms with E-state index in [1.165, 1.54) is 50.6 Å². The van der Waals surface area contributed by atoms with Gasteiger partial charge in [-0.1, -0.05) is 51.6 Å². The summed E-state index contributed by atoms with van der Waals surface area (Å²) in [6.07, 6.45) is 7.71. The maximum absolute atomic E-state index is 6.30. The molecule has 0 nitrogen and oxygen atoms in total. The van der Waals surface area contributed by atoms with Gasteiger partial charge in [-0.25, -0.2) is 0 Å². The molecule has 0 heterocycles. The first-order valence-electron chi connectivity index (χ1n) is 6.98. The van der Waals surface area contributed by atoms with Crippen molar-refractivity contribution < 1.29 is 0 Å². The van der Waals surface area contributed by atoms with Gasteiger partial charge in [0, 0.05) is 29.0 Å². The van der Waals surface area contributed by atoms with Crippen molar-refractivity contribution in [2.75, 3.05) is 0 Å². The summed E-state index contributed by atoms with van der Waals surface area (Å²) in [6.45, 7) is 4.48. The Morgan fingerprint density at radius 1 is 0.812 bits per heavy atom. The van der Waals surface area contributed by atoms with E-state index in [2.05, 4.69) is 13.8 Å². The van der Waals surface area contributed by atoms with Crippen LogP contribution in [0.3, 0.4) is 0 Å². The minimum atomic E-state index is -0.00524. The van der Waals surface area contributed by atoms with Crippen LogP contribution < -0.4 is 0 Å². The molecular formula is C12H28Cl2Si2. The lowest BCUT2D eigenvalue weighted by Crippen LogP contribution is -2.13. The predicted octanol–water partition coefficient (Wildman–Crippen LogP) is 3.67. The first kappa shape index (κ1) is 17.0. The molecule has 16 heavy (non-hydrogen) atoms. The van der Waals surface area contributed by atoms with E-state index in [1.54, 1.807) is 0 Å². The fourth-order valence-corrected chi connectivity index (χ4v) is 7.46. The predicted molar refractivity (Wildman–Crippen MR) is 85.0 cm³/mol. The van der Waals surface area contributed by atoms with Crippen LogP contribution in [0, 0.1) is 0 Å². The van der Waals surface area contributed by atoms with Crippen LogP contribution in [0.1, 0.15) is 52.4 Å². The zero-order chi connectivity index (χ0) is 12.2. The lowest BCUT2D eigenvalue weighted by atomic mass is 10.3. The van der Waals surface area contributed by atoms with Crippen molar-refractivity contribution in [3.63, 3.8) is 0 Å². The van der Waals surface area contributed by atoms with E-state index in [4.69, 9.17) is 23.2 Å². The number of unbranched alkanes of at least 4 members (excludes halogenated alkanes) is 2. The molecule has 0 aliphatic rings. The Morgan fingerprint density at radius 3 is 1.50 bits per heavy atom. The van der Waals surface area contributed by atoms with Gasteiger partial charge in [0.15, 0.2) is 0 Å². The molecule has 98 valence electrons. The first-order chi connectivity index (χ1) is 7.70. The van der Waals surface area contributed by atoms with Gasteiger partial charge in [0.1, 0.15) is 0 Å². The Hall–Kier alpha value is 1.01. The fraction of sp³-hybridized carbons (Fsp3) is 1.00. The Kier molecular flexibility index (Phi) is 13.3. The molecule has 0 bridgehead atoms. The van der Waals surface area contributed by atoms with Crippen molar-refractivity contribution in [2.24, 2.45) is 0 Å². The fourth-order valence-electron chi connectivity index (χ4n) is 1.87. The largest absolute Gasteiger partial charge is 0.127 e. The Morgan fingerprint density at radius 2 is 1.19 bits per heavy atom. The van der Waals surface area contributed by atoms with Crippen molar-refractivity contribution in [1.29, 1.82) is 0 Å². The van der Waals surface area contributed by atoms with Crippen LogP contribution in [0.15, 0.2) is 0 Å². The molecule has 2 atom stereocenters. The van der Waals surface area contributed by atoms with Crippen LogP contribution in [0.2, 0.25) is 12.1 Å². The summed E-state index contributed by atoms with van der Waals surface area (Å²) in [4.78, 5) is 0. The summed E-state index contributed by atoms with van der Waals surface area (Å²) in [5.74, 6) is 0. The second-order valence-electron chi connectivity index (χ2n) is 4.76. The third kappa shape index (κ3) is 11.5. The molecule has 0 aliphatic heterocycles. The molecule has 0 saturated carbocycles. The monoisotopic (exact) mass is 298 g/mol. The highest BCUT2D eigenvalue weighted by Crippen LogP contribution is 2.11. The molecule has 0 aliphatic carbocycles. The lowest BCUT2D eigenvalue weighted by molar-refractivity contribution is 0.750. The van der Waals surface area contributed by atoms with Gasteiger partial charge in [-0.05, 0) is 12.8 Å². The average molecular weight is 299 g/mol. The molecule has 0 N–H and O–H groups in total. The van der Waals surface area contributed by atoms with Gasteiger partial charge in [0.25, 0.3) is 0 Å². The van der Waals surface area contributed by atoms with Gasteiger partial charge in [0.05, 0.1) is 0 Å². The molecule has 0 spiro atoms. The minimum absolute atomic E-state index is 0.00524. The highest BCUT2D eigenvalue weighted by molar-refractivity contribution is 6.57. The van der Waals surface area contributed by atoms with Crippen molar-refractivity contribution in [1.82, 2.24) is 0 Å². The summed E-state index contributed by atoms with van der Waals surface area (Å²) in [7, 11) is -0.0105. The molecule has 4 heteroatoms. The number of hydrogen-bond acceptors (Lipinski definition) is 0. The van der Waals surface area contributed by atoms with E-state index in [0.29, 0.717) is 10.0 Å². The molecule has 0 amide bonds. The smallest absolute Gasteiger partial charge is 0.0415 e. The molecule has 0 aromatic heterocycles. The van der Waals surface area contributed by atoms with E-state index in [9.17, 15) is 0 Å². The van der Waals surface area contributed by atoms with Crippen LogP contribution in [-0.2, 0) is 0 Å². The molecule has 0 radical (unpaired) electrons. The van der Waals surface area contributed by atoms with E-state index in [-0.39, 0.29) is 19.0 Å². The van der Waals surface area contributed by atoms with Gasteiger partial charge >= 0.3 is 0 Å². The minimum Gasteiger partial charge on any atom is -0.127 e. The number of rotatable bonds is 11. The van der Waals surface area contributed by atoms with E-state index < -0.39 is 0 Å². The molecular weight excluding hydrogens is 271 g/mol. The second-order valence-corrected chi connectivity index (χ2v) is 11.6. The van der Waals surface area contributed by atoms with E-state index in [1.807, 2.05) is 0 Å². The van der Waals surface area contributed by atoms with Gasteiger partial charge in [-0.3, -0.25) is 0 Å². The summed E-state index contributed by atoms with van der Waals surface area (Å²) in [6, 6.07) is 2.89. The van der Waals surface area contributed by atoms with Crippen LogP contribution in [0.25, 0.3) is 0 Å². The van der Waals surface area contributed by atoms with Crippen molar-refractivity contribution in [2.45, 2.75) is 74.5 Å². The number of hydrogen-bond donors (Lipinski definition) is 0. The second kappa shape index (κ2) is 12.5. The number of alkyl halides is 2. The van der Waals surface area contributed by atoms with E-state index in [0.717, 1.165) is 0 Å². The molecule has 0 fully saturated rings. The highest BCUT2D eigenvalue weighted by atomic mass is 35.5. The summed E-state index contributed by atoms with van der Waals surface area (Å²) >= 11 is 12.6. The summed E-state index contributed by atoms with van der Waals surface area (Å²) < 4.78 is 0. The van der Waals surface area contributed by atoms with Gasteiger partial charge in [0.2, 0.25) is 0 Å². The highest BCUT2D eigenvalue weighted by Gasteiger charge is 2.07. The lowest BCUT2D eigenvalue weighted by Gasteiger charge is -2.09. The number of halogens is 2. The van der Waals surface area contributed by atoms with Crippen LogP contribution in [-0.4, -0.2) is 29.0 Å². The van der Waals surface area contributed by atoms with Crippen LogP contribution in [0.5, 0.6) is 0 Å². The molecule has 0 saturated heterocycles. The van der Waals surface area contributed by atoms with Gasteiger partial charge in [-0.2, -0.15) is 0 Å². The molecule has 0 rings (SSSR count). The van der Waals surface area contributed by atoms with Crippen molar-refractivity contribution in [3.8, 4) is 0 Å². The molecule has 2 unspecified atom stereocenters. The first-order valence-corrected chi connectivity index (χ1v) is 11.5.